The van der Waals surface area contributed by atoms with Crippen LogP contribution in [0.1, 0.15) is 16.7 Å². The smallest absolute Gasteiger partial charge is 0.246 e. The molecule has 0 aromatic carbocycles. The van der Waals surface area contributed by atoms with Crippen LogP contribution in [-0.4, -0.2) is 44.0 Å². The SMILES string of the molecule is O=C(/C=C/c1cccs1)N1CC(c2nc(-c3ncccn3)no2)C1. The molecule has 0 bridgehead atoms. The van der Waals surface area contributed by atoms with Crippen LogP contribution in [0.4, 0.5) is 0 Å². The molecular formula is C16H13N5O2S. The van der Waals surface area contributed by atoms with Crippen molar-refractivity contribution in [1.82, 2.24) is 25.0 Å². The summed E-state index contributed by atoms with van der Waals surface area (Å²) in [4.78, 5) is 27.4. The molecular weight excluding hydrogens is 326 g/mol. The summed E-state index contributed by atoms with van der Waals surface area (Å²) in [7, 11) is 0. The van der Waals surface area contributed by atoms with E-state index in [1.807, 2.05) is 23.6 Å². The molecule has 4 rings (SSSR count). The summed E-state index contributed by atoms with van der Waals surface area (Å²) in [6, 6.07) is 5.65. The van der Waals surface area contributed by atoms with Gasteiger partial charge in [0.1, 0.15) is 0 Å². The zero-order valence-corrected chi connectivity index (χ0v) is 13.4. The van der Waals surface area contributed by atoms with E-state index in [9.17, 15) is 4.79 Å². The maximum absolute atomic E-state index is 12.1. The molecule has 7 nitrogen and oxygen atoms in total. The zero-order valence-electron chi connectivity index (χ0n) is 12.6. The molecule has 1 amide bonds. The van der Waals surface area contributed by atoms with Crippen molar-refractivity contribution in [2.75, 3.05) is 13.1 Å². The highest BCUT2D eigenvalue weighted by molar-refractivity contribution is 7.10. The topological polar surface area (TPSA) is 85.0 Å². The lowest BCUT2D eigenvalue weighted by atomic mass is 10.00. The standard InChI is InChI=1S/C16H13N5O2S/c22-13(5-4-12-3-1-8-24-12)21-9-11(10-21)16-19-15(20-23-16)14-17-6-2-7-18-14/h1-8,11H,9-10H2/b5-4+. The second kappa shape index (κ2) is 6.32. The predicted molar refractivity (Wildman–Crippen MR) is 88.0 cm³/mol. The van der Waals surface area contributed by atoms with E-state index < -0.39 is 0 Å². The van der Waals surface area contributed by atoms with Gasteiger partial charge in [0.15, 0.2) is 0 Å². The third-order valence-corrected chi connectivity index (χ3v) is 4.52. The van der Waals surface area contributed by atoms with Crippen LogP contribution in [0.2, 0.25) is 0 Å². The molecule has 4 heterocycles. The van der Waals surface area contributed by atoms with Crippen molar-refractivity contribution in [1.29, 1.82) is 0 Å². The third-order valence-electron chi connectivity index (χ3n) is 3.68. The summed E-state index contributed by atoms with van der Waals surface area (Å²) in [5.74, 6) is 1.37. The van der Waals surface area contributed by atoms with Crippen molar-refractivity contribution in [3.63, 3.8) is 0 Å². The Morgan fingerprint density at radius 3 is 2.83 bits per heavy atom. The molecule has 120 valence electrons. The van der Waals surface area contributed by atoms with Crippen LogP contribution < -0.4 is 0 Å². The fourth-order valence-corrected chi connectivity index (χ4v) is 2.98. The molecule has 1 aliphatic rings. The van der Waals surface area contributed by atoms with Crippen LogP contribution >= 0.6 is 11.3 Å². The van der Waals surface area contributed by atoms with E-state index in [0.717, 1.165) is 4.88 Å². The molecule has 0 atom stereocenters. The number of thiophene rings is 1. The van der Waals surface area contributed by atoms with Crippen molar-refractivity contribution in [3.8, 4) is 11.6 Å². The maximum Gasteiger partial charge on any atom is 0.246 e. The Balaban J connectivity index is 1.36. The largest absolute Gasteiger partial charge is 0.338 e. The molecule has 24 heavy (non-hydrogen) atoms. The summed E-state index contributed by atoms with van der Waals surface area (Å²) < 4.78 is 5.27. The molecule has 3 aromatic rings. The first-order valence-corrected chi connectivity index (χ1v) is 8.29. The van der Waals surface area contributed by atoms with Crippen LogP contribution in [0, 0.1) is 0 Å². The summed E-state index contributed by atoms with van der Waals surface area (Å²) in [5.41, 5.74) is 0. The quantitative estimate of drug-likeness (QED) is 0.678. The molecule has 3 aromatic heterocycles. The predicted octanol–water partition coefficient (Wildman–Crippen LogP) is 2.23. The van der Waals surface area contributed by atoms with Crippen LogP contribution in [-0.2, 0) is 4.79 Å². The Morgan fingerprint density at radius 1 is 1.25 bits per heavy atom. The van der Waals surface area contributed by atoms with Gasteiger partial charge in [0, 0.05) is 36.4 Å². The van der Waals surface area contributed by atoms with Crippen LogP contribution in [0.15, 0.2) is 46.6 Å². The Morgan fingerprint density at radius 2 is 2.08 bits per heavy atom. The summed E-state index contributed by atoms with van der Waals surface area (Å²) >= 11 is 1.60. The highest BCUT2D eigenvalue weighted by Crippen LogP contribution is 2.27. The number of aromatic nitrogens is 4. The van der Waals surface area contributed by atoms with E-state index in [1.54, 1.807) is 40.8 Å². The van der Waals surface area contributed by atoms with Gasteiger partial charge in [0.25, 0.3) is 0 Å². The molecule has 0 N–H and O–H groups in total. The zero-order chi connectivity index (χ0) is 16.4. The van der Waals surface area contributed by atoms with Gasteiger partial charge in [-0.05, 0) is 23.6 Å². The molecule has 0 saturated carbocycles. The summed E-state index contributed by atoms with van der Waals surface area (Å²) in [6.07, 6.45) is 6.68. The van der Waals surface area contributed by atoms with Gasteiger partial charge < -0.3 is 9.42 Å². The van der Waals surface area contributed by atoms with E-state index in [0.29, 0.717) is 30.6 Å². The average Bonchev–Trinajstić information content (AvgIpc) is 3.24. The van der Waals surface area contributed by atoms with Gasteiger partial charge in [-0.25, -0.2) is 9.97 Å². The molecule has 1 aliphatic heterocycles. The molecule has 1 saturated heterocycles. The molecule has 0 spiro atoms. The van der Waals surface area contributed by atoms with Crippen molar-refractivity contribution >= 4 is 23.3 Å². The van der Waals surface area contributed by atoms with Crippen molar-refractivity contribution in [2.24, 2.45) is 0 Å². The van der Waals surface area contributed by atoms with E-state index in [1.165, 1.54) is 0 Å². The highest BCUT2D eigenvalue weighted by Gasteiger charge is 2.35. The lowest BCUT2D eigenvalue weighted by Gasteiger charge is -2.36. The van der Waals surface area contributed by atoms with Gasteiger partial charge in [0.05, 0.1) is 5.92 Å². The summed E-state index contributed by atoms with van der Waals surface area (Å²) in [5, 5.41) is 5.88. The first-order chi connectivity index (χ1) is 11.8. The number of rotatable bonds is 4. The van der Waals surface area contributed by atoms with Gasteiger partial charge in [-0.2, -0.15) is 4.98 Å². The number of carbonyl (C=O) groups excluding carboxylic acids is 1. The van der Waals surface area contributed by atoms with Crippen molar-refractivity contribution in [3.05, 3.63) is 52.8 Å². The first kappa shape index (κ1) is 14.7. The Hall–Kier alpha value is -2.87. The Bertz CT molecular complexity index is 854. The average molecular weight is 339 g/mol. The number of likely N-dealkylation sites (tertiary alicyclic amines) is 1. The minimum Gasteiger partial charge on any atom is -0.338 e. The number of carbonyl (C=O) groups is 1. The molecule has 1 fully saturated rings. The number of nitrogens with zero attached hydrogens (tertiary/aromatic N) is 5. The lowest BCUT2D eigenvalue weighted by Crippen LogP contribution is -2.47. The number of hydrogen-bond acceptors (Lipinski definition) is 7. The first-order valence-electron chi connectivity index (χ1n) is 7.41. The van der Waals surface area contributed by atoms with Gasteiger partial charge >= 0.3 is 0 Å². The van der Waals surface area contributed by atoms with E-state index in [-0.39, 0.29) is 11.8 Å². The van der Waals surface area contributed by atoms with Gasteiger partial charge in [-0.1, -0.05) is 11.2 Å². The lowest BCUT2D eigenvalue weighted by molar-refractivity contribution is -0.130. The second-order valence-electron chi connectivity index (χ2n) is 5.32. The molecule has 0 aliphatic carbocycles. The molecule has 8 heteroatoms. The van der Waals surface area contributed by atoms with E-state index in [2.05, 4.69) is 20.1 Å². The van der Waals surface area contributed by atoms with Crippen LogP contribution in [0.3, 0.4) is 0 Å². The third kappa shape index (κ3) is 2.95. The number of hydrogen-bond donors (Lipinski definition) is 0. The van der Waals surface area contributed by atoms with Crippen molar-refractivity contribution in [2.45, 2.75) is 5.92 Å². The monoisotopic (exact) mass is 339 g/mol. The maximum atomic E-state index is 12.1. The molecule has 0 unspecified atom stereocenters. The van der Waals surface area contributed by atoms with Crippen LogP contribution in [0.5, 0.6) is 0 Å². The van der Waals surface area contributed by atoms with E-state index >= 15 is 0 Å². The Kier molecular flexibility index (Phi) is 3.87. The molecule has 0 radical (unpaired) electrons. The fraction of sp³-hybridized carbons (Fsp3) is 0.188. The van der Waals surface area contributed by atoms with Gasteiger partial charge in [0.2, 0.25) is 23.4 Å². The van der Waals surface area contributed by atoms with Crippen LogP contribution in [0.25, 0.3) is 17.7 Å². The minimum absolute atomic E-state index is 0.00854. The van der Waals surface area contributed by atoms with Gasteiger partial charge in [-0.15, -0.1) is 11.3 Å². The normalized spacial score (nSPS) is 14.9. The van der Waals surface area contributed by atoms with Gasteiger partial charge in [-0.3, -0.25) is 4.79 Å². The summed E-state index contributed by atoms with van der Waals surface area (Å²) in [6.45, 7) is 1.15. The van der Waals surface area contributed by atoms with E-state index in [4.69, 9.17) is 4.52 Å². The second-order valence-corrected chi connectivity index (χ2v) is 6.30. The van der Waals surface area contributed by atoms with Crippen molar-refractivity contribution < 1.29 is 9.32 Å². The number of amides is 1. The Labute approximate surface area is 141 Å². The minimum atomic E-state index is -0.00854. The highest BCUT2D eigenvalue weighted by atomic mass is 32.1. The fourth-order valence-electron chi connectivity index (χ4n) is 2.37.